The predicted octanol–water partition coefficient (Wildman–Crippen LogP) is 3.00. The summed E-state index contributed by atoms with van der Waals surface area (Å²) >= 11 is 0. The summed E-state index contributed by atoms with van der Waals surface area (Å²) in [5, 5.41) is 3.08. The van der Waals surface area contributed by atoms with Crippen LogP contribution in [0.3, 0.4) is 0 Å². The highest BCUT2D eigenvalue weighted by Crippen LogP contribution is 2.29. The van der Waals surface area contributed by atoms with E-state index in [4.69, 9.17) is 14.2 Å². The first-order chi connectivity index (χ1) is 14.2. The van der Waals surface area contributed by atoms with Crippen LogP contribution in [0, 0.1) is 5.92 Å². The SMILES string of the molecule is COc1ccc(Oc2cccc(N3CC[C@H](NC(=O)COCC4CC4)C3)c2)cn1. The second kappa shape index (κ2) is 9.13. The monoisotopic (exact) mass is 397 g/mol. The third-order valence-corrected chi connectivity index (χ3v) is 5.17. The Kier molecular flexibility index (Phi) is 6.14. The summed E-state index contributed by atoms with van der Waals surface area (Å²) in [6, 6.07) is 11.7. The van der Waals surface area contributed by atoms with Crippen LogP contribution in [0.1, 0.15) is 19.3 Å². The van der Waals surface area contributed by atoms with Crippen LogP contribution in [0.15, 0.2) is 42.6 Å². The van der Waals surface area contributed by atoms with Crippen LogP contribution in [0.25, 0.3) is 0 Å². The number of hydrogen-bond donors (Lipinski definition) is 1. The smallest absolute Gasteiger partial charge is 0.246 e. The fraction of sp³-hybridized carbons (Fsp3) is 0.455. The van der Waals surface area contributed by atoms with Crippen LogP contribution in [-0.4, -0.2) is 50.3 Å². The van der Waals surface area contributed by atoms with E-state index < -0.39 is 0 Å². The lowest BCUT2D eigenvalue weighted by molar-refractivity contribution is -0.126. The number of ether oxygens (including phenoxy) is 3. The molecule has 2 aromatic rings. The van der Waals surface area contributed by atoms with Gasteiger partial charge in [0.2, 0.25) is 11.8 Å². The van der Waals surface area contributed by atoms with Crippen LogP contribution < -0.4 is 19.7 Å². The molecule has 2 aliphatic rings. The molecule has 1 aliphatic heterocycles. The number of carbonyl (C=O) groups is 1. The Hall–Kier alpha value is -2.80. The third kappa shape index (κ3) is 5.60. The summed E-state index contributed by atoms with van der Waals surface area (Å²) in [5.74, 6) is 2.60. The predicted molar refractivity (Wildman–Crippen MR) is 110 cm³/mol. The standard InChI is InChI=1S/C22H27N3O4/c1-27-22-8-7-20(12-23-22)29-19-4-2-3-18(11-19)25-10-9-17(13-25)24-21(26)15-28-14-16-5-6-16/h2-4,7-8,11-12,16-17H,5-6,9-10,13-15H2,1H3,(H,24,26)/t17-/m0/s1. The molecule has 1 N–H and O–H groups in total. The first-order valence-corrected chi connectivity index (χ1v) is 10.1. The highest BCUT2D eigenvalue weighted by atomic mass is 16.5. The minimum atomic E-state index is -0.0263. The Bertz CT molecular complexity index is 823. The summed E-state index contributed by atoms with van der Waals surface area (Å²) in [6.07, 6.45) is 5.02. The fourth-order valence-corrected chi connectivity index (χ4v) is 3.41. The summed E-state index contributed by atoms with van der Waals surface area (Å²) in [6.45, 7) is 2.54. The van der Waals surface area contributed by atoms with Gasteiger partial charge in [-0.1, -0.05) is 6.07 Å². The van der Waals surface area contributed by atoms with Crippen LogP contribution in [-0.2, 0) is 9.53 Å². The molecule has 0 bridgehead atoms. The van der Waals surface area contributed by atoms with E-state index >= 15 is 0 Å². The van der Waals surface area contributed by atoms with Crippen molar-refractivity contribution in [1.82, 2.24) is 10.3 Å². The van der Waals surface area contributed by atoms with Gasteiger partial charge in [-0.2, -0.15) is 0 Å². The molecule has 154 valence electrons. The summed E-state index contributed by atoms with van der Waals surface area (Å²) in [4.78, 5) is 18.5. The van der Waals surface area contributed by atoms with E-state index in [0.717, 1.165) is 30.9 Å². The van der Waals surface area contributed by atoms with Crippen molar-refractivity contribution in [3.8, 4) is 17.4 Å². The second-order valence-electron chi connectivity index (χ2n) is 7.59. The van der Waals surface area contributed by atoms with Gasteiger partial charge in [0.1, 0.15) is 18.1 Å². The van der Waals surface area contributed by atoms with Gasteiger partial charge in [-0.25, -0.2) is 4.98 Å². The van der Waals surface area contributed by atoms with Crippen molar-refractivity contribution < 1.29 is 19.0 Å². The number of benzene rings is 1. The number of amides is 1. The molecule has 4 rings (SSSR count). The number of methoxy groups -OCH3 is 1. The minimum Gasteiger partial charge on any atom is -0.481 e. The maximum atomic E-state index is 12.1. The number of carbonyl (C=O) groups excluding carboxylic acids is 1. The number of nitrogens with zero attached hydrogens (tertiary/aromatic N) is 2. The number of nitrogens with one attached hydrogen (secondary N) is 1. The zero-order valence-corrected chi connectivity index (χ0v) is 16.7. The Morgan fingerprint density at radius 1 is 1.21 bits per heavy atom. The molecule has 1 amide bonds. The molecule has 2 fully saturated rings. The number of rotatable bonds is 9. The Morgan fingerprint density at radius 3 is 2.86 bits per heavy atom. The van der Waals surface area contributed by atoms with Crippen LogP contribution in [0.4, 0.5) is 5.69 Å². The average molecular weight is 397 g/mol. The molecule has 1 saturated heterocycles. The lowest BCUT2D eigenvalue weighted by Gasteiger charge is -2.20. The average Bonchev–Trinajstić information content (AvgIpc) is 3.45. The zero-order valence-electron chi connectivity index (χ0n) is 16.7. The number of anilines is 1. The number of pyridine rings is 1. The van der Waals surface area contributed by atoms with Crippen molar-refractivity contribution in [2.75, 3.05) is 38.3 Å². The first-order valence-electron chi connectivity index (χ1n) is 10.1. The number of hydrogen-bond acceptors (Lipinski definition) is 6. The van der Waals surface area contributed by atoms with Gasteiger partial charge in [-0.05, 0) is 43.4 Å². The molecule has 1 aromatic heterocycles. The molecule has 1 saturated carbocycles. The van der Waals surface area contributed by atoms with E-state index in [9.17, 15) is 4.79 Å². The van der Waals surface area contributed by atoms with Crippen molar-refractivity contribution in [3.05, 3.63) is 42.6 Å². The molecule has 0 unspecified atom stereocenters. The fourth-order valence-electron chi connectivity index (χ4n) is 3.41. The lowest BCUT2D eigenvalue weighted by Crippen LogP contribution is -2.39. The van der Waals surface area contributed by atoms with Crippen molar-refractivity contribution in [2.45, 2.75) is 25.3 Å². The maximum absolute atomic E-state index is 12.1. The minimum absolute atomic E-state index is 0.0263. The Morgan fingerprint density at radius 2 is 2.10 bits per heavy atom. The molecule has 2 heterocycles. The van der Waals surface area contributed by atoms with E-state index in [1.807, 2.05) is 24.3 Å². The lowest BCUT2D eigenvalue weighted by atomic mass is 10.2. The highest BCUT2D eigenvalue weighted by molar-refractivity contribution is 5.77. The normalized spacial score (nSPS) is 18.5. The summed E-state index contributed by atoms with van der Waals surface area (Å²) < 4.78 is 16.4. The van der Waals surface area contributed by atoms with E-state index in [0.29, 0.717) is 24.2 Å². The number of aromatic nitrogens is 1. The second-order valence-corrected chi connectivity index (χ2v) is 7.59. The first kappa shape index (κ1) is 19.5. The largest absolute Gasteiger partial charge is 0.481 e. The molecular weight excluding hydrogens is 370 g/mol. The van der Waals surface area contributed by atoms with Crippen molar-refractivity contribution in [1.29, 1.82) is 0 Å². The Labute approximate surface area is 171 Å². The Balaban J connectivity index is 1.28. The van der Waals surface area contributed by atoms with E-state index in [-0.39, 0.29) is 18.6 Å². The molecule has 7 heteroatoms. The zero-order chi connectivity index (χ0) is 20.1. The topological polar surface area (TPSA) is 72.9 Å². The molecule has 7 nitrogen and oxygen atoms in total. The third-order valence-electron chi connectivity index (χ3n) is 5.17. The van der Waals surface area contributed by atoms with Crippen molar-refractivity contribution >= 4 is 11.6 Å². The van der Waals surface area contributed by atoms with Gasteiger partial charge in [0.25, 0.3) is 0 Å². The van der Waals surface area contributed by atoms with Crippen LogP contribution in [0.5, 0.6) is 17.4 Å². The van der Waals surface area contributed by atoms with Gasteiger partial charge in [-0.15, -0.1) is 0 Å². The van der Waals surface area contributed by atoms with Crippen molar-refractivity contribution in [3.63, 3.8) is 0 Å². The molecular formula is C22H27N3O4. The molecule has 1 aromatic carbocycles. The van der Waals surface area contributed by atoms with Gasteiger partial charge >= 0.3 is 0 Å². The quantitative estimate of drug-likeness (QED) is 0.701. The highest BCUT2D eigenvalue weighted by Gasteiger charge is 2.25. The van der Waals surface area contributed by atoms with E-state index in [1.165, 1.54) is 12.8 Å². The van der Waals surface area contributed by atoms with Crippen molar-refractivity contribution in [2.24, 2.45) is 5.92 Å². The van der Waals surface area contributed by atoms with Crippen LogP contribution >= 0.6 is 0 Å². The molecule has 1 aliphatic carbocycles. The van der Waals surface area contributed by atoms with Gasteiger partial charge < -0.3 is 24.4 Å². The van der Waals surface area contributed by atoms with E-state index in [1.54, 1.807) is 19.4 Å². The van der Waals surface area contributed by atoms with E-state index in [2.05, 4.69) is 21.3 Å². The van der Waals surface area contributed by atoms with Gasteiger partial charge in [0.15, 0.2) is 0 Å². The molecule has 0 radical (unpaired) electrons. The molecule has 0 spiro atoms. The van der Waals surface area contributed by atoms with Gasteiger partial charge in [-0.3, -0.25) is 4.79 Å². The maximum Gasteiger partial charge on any atom is 0.246 e. The van der Waals surface area contributed by atoms with Gasteiger partial charge in [0, 0.05) is 37.0 Å². The van der Waals surface area contributed by atoms with Crippen LogP contribution in [0.2, 0.25) is 0 Å². The molecule has 29 heavy (non-hydrogen) atoms. The summed E-state index contributed by atoms with van der Waals surface area (Å²) in [7, 11) is 1.58. The summed E-state index contributed by atoms with van der Waals surface area (Å²) in [5.41, 5.74) is 1.07. The van der Waals surface area contributed by atoms with Gasteiger partial charge in [0.05, 0.1) is 19.9 Å². The molecule has 1 atom stereocenters.